The molecule has 80 valence electrons. The fraction of sp³-hybridized carbons (Fsp3) is 0.273. The van der Waals surface area contributed by atoms with Gasteiger partial charge in [-0.15, -0.1) is 11.3 Å². The number of rotatable bonds is 3. The quantitative estimate of drug-likeness (QED) is 0.906. The molecule has 2 N–H and O–H groups in total. The van der Waals surface area contributed by atoms with Crippen molar-refractivity contribution in [3.8, 4) is 0 Å². The standard InChI is InChI=1S/C11H12BrNS2/c1-7-4-10(15-11(7)12)9(13)5-8-2-3-14-6-8/h2-4,6,9H,5,13H2,1H3. The van der Waals surface area contributed by atoms with Gasteiger partial charge in [-0.25, -0.2) is 0 Å². The van der Waals surface area contributed by atoms with Crippen LogP contribution in [0.15, 0.2) is 26.7 Å². The van der Waals surface area contributed by atoms with Crippen molar-refractivity contribution in [3.63, 3.8) is 0 Å². The summed E-state index contributed by atoms with van der Waals surface area (Å²) < 4.78 is 1.19. The van der Waals surface area contributed by atoms with Crippen LogP contribution in [-0.2, 0) is 6.42 Å². The summed E-state index contributed by atoms with van der Waals surface area (Å²) in [4.78, 5) is 1.26. The molecule has 0 aliphatic rings. The van der Waals surface area contributed by atoms with Crippen LogP contribution in [0.4, 0.5) is 0 Å². The van der Waals surface area contributed by atoms with E-state index in [4.69, 9.17) is 5.73 Å². The molecule has 0 radical (unpaired) electrons. The minimum atomic E-state index is 0.120. The maximum atomic E-state index is 6.16. The van der Waals surface area contributed by atoms with E-state index in [0.717, 1.165) is 6.42 Å². The van der Waals surface area contributed by atoms with Crippen LogP contribution in [-0.4, -0.2) is 0 Å². The van der Waals surface area contributed by atoms with Crippen molar-refractivity contribution < 1.29 is 0 Å². The van der Waals surface area contributed by atoms with E-state index >= 15 is 0 Å². The highest BCUT2D eigenvalue weighted by atomic mass is 79.9. The largest absolute Gasteiger partial charge is 0.323 e. The first kappa shape index (κ1) is 11.3. The summed E-state index contributed by atoms with van der Waals surface area (Å²) in [7, 11) is 0. The minimum absolute atomic E-state index is 0.120. The summed E-state index contributed by atoms with van der Waals surface area (Å²) in [5.74, 6) is 0. The maximum Gasteiger partial charge on any atom is 0.0731 e. The molecule has 0 aromatic carbocycles. The van der Waals surface area contributed by atoms with Gasteiger partial charge in [0.15, 0.2) is 0 Å². The summed E-state index contributed by atoms with van der Waals surface area (Å²) in [6.45, 7) is 2.10. The lowest BCUT2D eigenvalue weighted by Crippen LogP contribution is -2.11. The molecule has 2 aromatic rings. The molecule has 0 amide bonds. The van der Waals surface area contributed by atoms with Gasteiger partial charge in [0.05, 0.1) is 3.79 Å². The first-order valence-corrected chi connectivity index (χ1v) is 7.24. The zero-order chi connectivity index (χ0) is 10.8. The van der Waals surface area contributed by atoms with E-state index in [1.807, 2.05) is 0 Å². The van der Waals surface area contributed by atoms with Crippen molar-refractivity contribution in [2.45, 2.75) is 19.4 Å². The Morgan fingerprint density at radius 3 is 2.87 bits per heavy atom. The van der Waals surface area contributed by atoms with Crippen molar-refractivity contribution >= 4 is 38.6 Å². The predicted octanol–water partition coefficient (Wildman–Crippen LogP) is 4.12. The van der Waals surface area contributed by atoms with E-state index in [1.54, 1.807) is 22.7 Å². The van der Waals surface area contributed by atoms with Gasteiger partial charge in [-0.1, -0.05) is 0 Å². The van der Waals surface area contributed by atoms with Gasteiger partial charge in [0.2, 0.25) is 0 Å². The van der Waals surface area contributed by atoms with Crippen molar-refractivity contribution in [2.75, 3.05) is 0 Å². The molecule has 0 fully saturated rings. The highest BCUT2D eigenvalue weighted by Crippen LogP contribution is 2.31. The van der Waals surface area contributed by atoms with Gasteiger partial charge in [0.25, 0.3) is 0 Å². The normalized spacial score (nSPS) is 13.0. The first-order chi connectivity index (χ1) is 7.16. The third-order valence-electron chi connectivity index (χ3n) is 2.28. The zero-order valence-corrected chi connectivity index (χ0v) is 11.6. The number of aryl methyl sites for hydroxylation is 1. The highest BCUT2D eigenvalue weighted by Gasteiger charge is 2.11. The van der Waals surface area contributed by atoms with E-state index in [9.17, 15) is 0 Å². The molecule has 0 aliphatic heterocycles. The number of halogens is 1. The Labute approximate surface area is 106 Å². The lowest BCUT2D eigenvalue weighted by molar-refractivity contribution is 0.738. The molecule has 2 rings (SSSR count). The molecule has 1 atom stereocenters. The van der Waals surface area contributed by atoms with Crippen LogP contribution in [0.25, 0.3) is 0 Å². The smallest absolute Gasteiger partial charge is 0.0731 e. The van der Waals surface area contributed by atoms with E-state index < -0.39 is 0 Å². The van der Waals surface area contributed by atoms with Gasteiger partial charge in [-0.2, -0.15) is 11.3 Å². The van der Waals surface area contributed by atoms with Crippen molar-refractivity contribution in [3.05, 3.63) is 42.7 Å². The average molecular weight is 302 g/mol. The van der Waals surface area contributed by atoms with Crippen molar-refractivity contribution in [2.24, 2.45) is 5.73 Å². The lowest BCUT2D eigenvalue weighted by atomic mass is 10.1. The van der Waals surface area contributed by atoms with Gasteiger partial charge in [0, 0.05) is 10.9 Å². The van der Waals surface area contributed by atoms with Crippen LogP contribution in [0.3, 0.4) is 0 Å². The molecule has 0 bridgehead atoms. The second-order valence-corrected chi connectivity index (χ2v) is 6.73. The average Bonchev–Trinajstić information content (AvgIpc) is 2.78. The summed E-state index contributed by atoms with van der Waals surface area (Å²) in [5, 5.41) is 4.26. The van der Waals surface area contributed by atoms with Crippen LogP contribution in [0.5, 0.6) is 0 Å². The molecule has 0 saturated heterocycles. The molecule has 0 spiro atoms. The van der Waals surface area contributed by atoms with Crippen molar-refractivity contribution in [1.82, 2.24) is 0 Å². The lowest BCUT2D eigenvalue weighted by Gasteiger charge is -2.07. The molecule has 15 heavy (non-hydrogen) atoms. The molecule has 0 aliphatic carbocycles. The summed E-state index contributed by atoms with van der Waals surface area (Å²) in [6, 6.07) is 4.43. The molecular weight excluding hydrogens is 290 g/mol. The molecule has 2 aromatic heterocycles. The summed E-state index contributed by atoms with van der Waals surface area (Å²) >= 11 is 6.99. The molecule has 1 unspecified atom stereocenters. The molecule has 4 heteroatoms. The van der Waals surface area contributed by atoms with E-state index in [1.165, 1.54) is 19.8 Å². The van der Waals surface area contributed by atoms with E-state index in [2.05, 4.69) is 45.7 Å². The SMILES string of the molecule is Cc1cc(C(N)Cc2ccsc2)sc1Br. The summed E-state index contributed by atoms with van der Waals surface area (Å²) in [6.07, 6.45) is 0.926. The van der Waals surface area contributed by atoms with Gasteiger partial charge < -0.3 is 5.73 Å². The number of nitrogens with two attached hydrogens (primary N) is 1. The Bertz CT molecular complexity index is 414. The Morgan fingerprint density at radius 2 is 2.33 bits per heavy atom. The number of hydrogen-bond donors (Lipinski definition) is 1. The van der Waals surface area contributed by atoms with E-state index in [0.29, 0.717) is 0 Å². The van der Waals surface area contributed by atoms with Gasteiger partial charge in [-0.3, -0.25) is 0 Å². The fourth-order valence-corrected chi connectivity index (χ4v) is 3.68. The Kier molecular flexibility index (Phi) is 3.61. The van der Waals surface area contributed by atoms with E-state index in [-0.39, 0.29) is 6.04 Å². The molecule has 1 nitrogen and oxygen atoms in total. The van der Waals surface area contributed by atoms with Crippen molar-refractivity contribution in [1.29, 1.82) is 0 Å². The maximum absolute atomic E-state index is 6.16. The molecule has 0 saturated carbocycles. The number of hydrogen-bond acceptors (Lipinski definition) is 3. The monoisotopic (exact) mass is 301 g/mol. The van der Waals surface area contributed by atoms with Crippen LogP contribution in [0.1, 0.15) is 22.0 Å². The first-order valence-electron chi connectivity index (χ1n) is 4.69. The minimum Gasteiger partial charge on any atom is -0.323 e. The second-order valence-electron chi connectivity index (χ2n) is 3.55. The zero-order valence-electron chi connectivity index (χ0n) is 8.37. The predicted molar refractivity (Wildman–Crippen MR) is 71.7 cm³/mol. The fourth-order valence-electron chi connectivity index (χ4n) is 1.43. The Hall–Kier alpha value is -0.160. The van der Waals surface area contributed by atoms with Crippen LogP contribution in [0, 0.1) is 6.92 Å². The van der Waals surface area contributed by atoms with Gasteiger partial charge in [0.1, 0.15) is 0 Å². The topological polar surface area (TPSA) is 26.0 Å². The molecule has 2 heterocycles. The third-order valence-corrected chi connectivity index (χ3v) is 5.28. The van der Waals surface area contributed by atoms with Gasteiger partial charge >= 0.3 is 0 Å². The highest BCUT2D eigenvalue weighted by molar-refractivity contribution is 9.11. The Morgan fingerprint density at radius 1 is 1.53 bits per heavy atom. The van der Waals surface area contributed by atoms with Crippen LogP contribution >= 0.6 is 38.6 Å². The third kappa shape index (κ3) is 2.69. The van der Waals surface area contributed by atoms with Gasteiger partial charge in [-0.05, 0) is 63.3 Å². The Balaban J connectivity index is 2.11. The second kappa shape index (κ2) is 4.78. The summed E-state index contributed by atoms with van der Waals surface area (Å²) in [5.41, 5.74) is 8.76. The number of thiophene rings is 2. The molecular formula is C11H12BrNS2. The van der Waals surface area contributed by atoms with Crippen LogP contribution in [0.2, 0.25) is 0 Å². The van der Waals surface area contributed by atoms with Crippen LogP contribution < -0.4 is 5.73 Å².